The SMILES string of the molecule is CN1CCN(c2ccc(C(=O)Nc3ccc(CNC(=O)c4ccc5n4CCN(Cc4ccc(C(=O)N(C)C)cc4)C54CC(F)(F)C4)nc3)cc2)CC1. The number of halogens is 2. The number of piperazine rings is 1. The number of nitrogens with one attached hydrogen (secondary N) is 2. The standard InChI is InChI=1S/C39H44F2N8O3/c1-45(2)37(52)29-6-4-27(5-7-29)24-48-20-21-49-33(14-15-34(49)38(48)25-39(40,41)26-38)36(51)43-22-30-10-11-31(23-42-30)44-35(50)28-8-12-32(13-9-28)47-18-16-46(3)17-19-47/h4-15,23H,16-22,24-26H2,1-3H3,(H,43,51)(H,44,50). The van der Waals surface area contributed by atoms with Gasteiger partial charge in [0.1, 0.15) is 5.69 Å². The van der Waals surface area contributed by atoms with Crippen LogP contribution in [0.2, 0.25) is 0 Å². The van der Waals surface area contributed by atoms with Crippen molar-refractivity contribution in [1.82, 2.24) is 29.6 Å². The summed E-state index contributed by atoms with van der Waals surface area (Å²) in [7, 11) is 5.51. The molecule has 1 spiro atoms. The Hall–Kier alpha value is -5.14. The molecule has 2 aromatic carbocycles. The van der Waals surface area contributed by atoms with Crippen molar-refractivity contribution in [1.29, 1.82) is 0 Å². The fourth-order valence-electron chi connectivity index (χ4n) is 7.54. The highest BCUT2D eigenvalue weighted by molar-refractivity contribution is 6.04. The number of amides is 3. The fourth-order valence-corrected chi connectivity index (χ4v) is 7.54. The first-order valence-electron chi connectivity index (χ1n) is 17.6. The summed E-state index contributed by atoms with van der Waals surface area (Å²) >= 11 is 0. The van der Waals surface area contributed by atoms with Crippen molar-refractivity contribution in [2.45, 2.75) is 43.9 Å². The minimum atomic E-state index is -2.79. The van der Waals surface area contributed by atoms with E-state index in [-0.39, 0.29) is 37.1 Å². The fraction of sp³-hybridized carbons (Fsp3) is 0.385. The second-order valence-electron chi connectivity index (χ2n) is 14.3. The Morgan fingerprint density at radius 2 is 1.50 bits per heavy atom. The van der Waals surface area contributed by atoms with Gasteiger partial charge in [-0.05, 0) is 73.3 Å². The van der Waals surface area contributed by atoms with Gasteiger partial charge < -0.3 is 29.9 Å². The van der Waals surface area contributed by atoms with Gasteiger partial charge in [-0.1, -0.05) is 12.1 Å². The maximum absolute atomic E-state index is 14.5. The molecule has 0 bridgehead atoms. The number of likely N-dealkylation sites (N-methyl/N-ethyl adjacent to an activating group) is 1. The lowest BCUT2D eigenvalue weighted by Crippen LogP contribution is -2.63. The quantitative estimate of drug-likeness (QED) is 0.261. The number of anilines is 2. The van der Waals surface area contributed by atoms with Gasteiger partial charge in [-0.2, -0.15) is 0 Å². The van der Waals surface area contributed by atoms with Crippen LogP contribution in [0.3, 0.4) is 0 Å². The highest BCUT2D eigenvalue weighted by Gasteiger charge is 2.62. The number of benzene rings is 2. The van der Waals surface area contributed by atoms with Crippen LogP contribution in [0.1, 0.15) is 61.0 Å². The molecule has 1 aliphatic carbocycles. The molecule has 2 aromatic heterocycles. The third-order valence-corrected chi connectivity index (χ3v) is 10.5. The Morgan fingerprint density at radius 3 is 2.13 bits per heavy atom. The minimum absolute atomic E-state index is 0.0985. The first-order valence-corrected chi connectivity index (χ1v) is 17.6. The van der Waals surface area contributed by atoms with Gasteiger partial charge in [0, 0.05) is 95.3 Å². The van der Waals surface area contributed by atoms with E-state index in [9.17, 15) is 23.2 Å². The molecule has 1 saturated heterocycles. The lowest BCUT2D eigenvalue weighted by molar-refractivity contribution is -0.192. The van der Waals surface area contributed by atoms with Crippen LogP contribution in [0, 0.1) is 0 Å². The van der Waals surface area contributed by atoms with Gasteiger partial charge >= 0.3 is 0 Å². The molecule has 11 nitrogen and oxygen atoms in total. The number of hydrogen-bond acceptors (Lipinski definition) is 7. The van der Waals surface area contributed by atoms with Gasteiger partial charge in [0.05, 0.1) is 29.7 Å². The van der Waals surface area contributed by atoms with Crippen molar-refractivity contribution in [3.05, 3.63) is 113 Å². The summed E-state index contributed by atoms with van der Waals surface area (Å²) in [5.74, 6) is -3.44. The zero-order chi connectivity index (χ0) is 36.6. The lowest BCUT2D eigenvalue weighted by Gasteiger charge is -2.56. The number of carbonyl (C=O) groups excluding carboxylic acids is 3. The van der Waals surface area contributed by atoms with Crippen molar-refractivity contribution < 1.29 is 23.2 Å². The topological polar surface area (TPSA) is 106 Å². The van der Waals surface area contributed by atoms with Gasteiger partial charge in [-0.3, -0.25) is 24.3 Å². The molecule has 2 aliphatic heterocycles. The highest BCUT2D eigenvalue weighted by atomic mass is 19.3. The predicted octanol–water partition coefficient (Wildman–Crippen LogP) is 4.66. The van der Waals surface area contributed by atoms with Gasteiger partial charge in [-0.25, -0.2) is 8.78 Å². The van der Waals surface area contributed by atoms with E-state index < -0.39 is 11.5 Å². The van der Waals surface area contributed by atoms with Crippen LogP contribution in [0.5, 0.6) is 0 Å². The molecule has 272 valence electrons. The van der Waals surface area contributed by atoms with Gasteiger partial charge in [0.2, 0.25) is 0 Å². The van der Waals surface area contributed by atoms with Crippen LogP contribution in [0.25, 0.3) is 0 Å². The Labute approximate surface area is 302 Å². The summed E-state index contributed by atoms with van der Waals surface area (Å²) < 4.78 is 31.0. The van der Waals surface area contributed by atoms with E-state index in [2.05, 4.69) is 37.4 Å². The number of carbonyl (C=O) groups is 3. The molecule has 13 heteroatoms. The molecule has 2 N–H and O–H groups in total. The van der Waals surface area contributed by atoms with Crippen molar-refractivity contribution in [2.75, 3.05) is 64.1 Å². The number of hydrogen-bond donors (Lipinski definition) is 2. The van der Waals surface area contributed by atoms with Gasteiger partial charge in [0.25, 0.3) is 23.6 Å². The normalized spacial score (nSPS) is 18.0. The van der Waals surface area contributed by atoms with Crippen LogP contribution < -0.4 is 15.5 Å². The summed E-state index contributed by atoms with van der Waals surface area (Å²) in [4.78, 5) is 51.2. The largest absolute Gasteiger partial charge is 0.369 e. The maximum Gasteiger partial charge on any atom is 0.268 e. The number of fused-ring (bicyclic) bond motifs is 2. The summed E-state index contributed by atoms with van der Waals surface area (Å²) in [6.07, 6.45) is 0.911. The van der Waals surface area contributed by atoms with Crippen LogP contribution in [0.15, 0.2) is 79.0 Å². The number of pyridine rings is 1. The molecule has 1 saturated carbocycles. The van der Waals surface area contributed by atoms with Crippen molar-refractivity contribution >= 4 is 29.1 Å². The van der Waals surface area contributed by atoms with E-state index in [1.54, 1.807) is 56.7 Å². The summed E-state index contributed by atoms with van der Waals surface area (Å²) in [5.41, 5.74) is 4.51. The lowest BCUT2D eigenvalue weighted by atomic mass is 9.68. The minimum Gasteiger partial charge on any atom is -0.369 e. The maximum atomic E-state index is 14.5. The molecule has 3 amide bonds. The van der Waals surface area contributed by atoms with Gasteiger partial charge in [0.15, 0.2) is 0 Å². The Morgan fingerprint density at radius 1 is 0.808 bits per heavy atom. The first kappa shape index (κ1) is 35.3. The molecule has 4 aromatic rings. The zero-order valence-electron chi connectivity index (χ0n) is 29.7. The van der Waals surface area contributed by atoms with E-state index >= 15 is 0 Å². The second-order valence-corrected chi connectivity index (χ2v) is 14.3. The predicted molar refractivity (Wildman–Crippen MR) is 195 cm³/mol. The van der Waals surface area contributed by atoms with E-state index in [0.29, 0.717) is 53.5 Å². The van der Waals surface area contributed by atoms with Crippen LogP contribution >= 0.6 is 0 Å². The van der Waals surface area contributed by atoms with E-state index in [0.717, 1.165) is 37.4 Å². The molecule has 52 heavy (non-hydrogen) atoms. The molecular weight excluding hydrogens is 666 g/mol. The average molecular weight is 711 g/mol. The first-order chi connectivity index (χ1) is 24.9. The highest BCUT2D eigenvalue weighted by Crippen LogP contribution is 2.57. The molecule has 3 aliphatic rings. The summed E-state index contributed by atoms with van der Waals surface area (Å²) in [6, 6.07) is 21.9. The van der Waals surface area contributed by atoms with Crippen LogP contribution in [-0.2, 0) is 25.2 Å². The summed E-state index contributed by atoms with van der Waals surface area (Å²) in [6.45, 7) is 5.49. The monoisotopic (exact) mass is 710 g/mol. The summed E-state index contributed by atoms with van der Waals surface area (Å²) in [5, 5.41) is 5.80. The molecule has 2 fully saturated rings. The number of aromatic nitrogens is 2. The zero-order valence-corrected chi connectivity index (χ0v) is 29.7. The second kappa shape index (κ2) is 14.1. The van der Waals surface area contributed by atoms with E-state index in [1.165, 1.54) is 4.90 Å². The number of alkyl halides is 2. The molecule has 7 rings (SSSR count). The molecule has 0 unspecified atom stereocenters. The van der Waals surface area contributed by atoms with Crippen molar-refractivity contribution in [2.24, 2.45) is 0 Å². The van der Waals surface area contributed by atoms with Crippen LogP contribution in [0.4, 0.5) is 20.2 Å². The Kier molecular flexibility index (Phi) is 9.57. The van der Waals surface area contributed by atoms with Gasteiger partial charge in [-0.15, -0.1) is 0 Å². The smallest absolute Gasteiger partial charge is 0.268 e. The molecular formula is C39H44F2N8O3. The molecule has 0 atom stereocenters. The average Bonchev–Trinajstić information content (AvgIpc) is 3.57. The Balaban J connectivity index is 0.959. The molecule has 0 radical (unpaired) electrons. The van der Waals surface area contributed by atoms with Crippen molar-refractivity contribution in [3.8, 4) is 0 Å². The Bertz CT molecular complexity index is 1930. The van der Waals surface area contributed by atoms with Crippen LogP contribution in [-0.4, -0.2) is 102 Å². The third kappa shape index (κ3) is 7.15. The number of rotatable bonds is 9. The number of nitrogens with zero attached hydrogens (tertiary/aromatic N) is 6. The molecule has 4 heterocycles. The third-order valence-electron chi connectivity index (χ3n) is 10.5. The van der Waals surface area contributed by atoms with E-state index in [4.69, 9.17) is 0 Å². The van der Waals surface area contributed by atoms with Crippen molar-refractivity contribution in [3.63, 3.8) is 0 Å². The van der Waals surface area contributed by atoms with E-state index in [1.807, 2.05) is 41.0 Å².